The third kappa shape index (κ3) is 2.20. The summed E-state index contributed by atoms with van der Waals surface area (Å²) in [5.74, 6) is 0.504. The first-order valence-electron chi connectivity index (χ1n) is 4.55. The minimum Gasteiger partial charge on any atom is -0.302 e. The van der Waals surface area contributed by atoms with Gasteiger partial charge >= 0.3 is 6.41 Å². The lowest BCUT2D eigenvalue weighted by Crippen LogP contribution is -1.95. The number of aromatic nitrogens is 1. The molecule has 2 aromatic rings. The molecule has 0 saturated heterocycles. The summed E-state index contributed by atoms with van der Waals surface area (Å²) in [7, 11) is 0. The maximum atomic E-state index is 10.1. The van der Waals surface area contributed by atoms with E-state index in [9.17, 15) is 4.79 Å². The zero-order valence-corrected chi connectivity index (χ0v) is 7.97. The topological polar surface area (TPSA) is 42.0 Å². The lowest BCUT2D eigenvalue weighted by atomic mass is 10.1. The maximum absolute atomic E-state index is 10.1. The van der Waals surface area contributed by atoms with E-state index in [1.54, 1.807) is 18.7 Å². The van der Waals surface area contributed by atoms with Gasteiger partial charge in [-0.3, -0.25) is 4.79 Å². The van der Waals surface area contributed by atoms with Crippen LogP contribution in [0.2, 0.25) is 0 Å². The molecule has 0 saturated carbocycles. The number of nitrogens with zero attached hydrogens (tertiary/aromatic N) is 1. The van der Waals surface area contributed by atoms with Crippen LogP contribution in [0.4, 0.5) is 5.82 Å². The van der Waals surface area contributed by atoms with Gasteiger partial charge in [0, 0.05) is 11.8 Å². The molecule has 3 nitrogen and oxygen atoms in total. The van der Waals surface area contributed by atoms with Crippen molar-refractivity contribution in [2.45, 2.75) is 0 Å². The average molecular weight is 197 g/mol. The smallest absolute Gasteiger partial charge is 0.302 e. The highest BCUT2D eigenvalue weighted by Gasteiger charge is 1.97. The van der Waals surface area contributed by atoms with Gasteiger partial charge in [-0.05, 0) is 17.7 Å². The Morgan fingerprint density at radius 1 is 1.00 bits per heavy atom. The van der Waals surface area contributed by atoms with Crippen molar-refractivity contribution in [3.05, 3.63) is 48.7 Å². The van der Waals surface area contributed by atoms with Crippen molar-refractivity contribution in [1.82, 2.24) is 4.98 Å². The summed E-state index contributed by atoms with van der Waals surface area (Å²) >= 11 is 0. The summed E-state index contributed by atoms with van der Waals surface area (Å²) in [5.41, 5.74) is 2.12. The molecule has 1 radical (unpaired) electrons. The Labute approximate surface area is 87.8 Å². The monoisotopic (exact) mass is 197 g/mol. The molecule has 1 N–H and O–H groups in total. The molecule has 1 aromatic carbocycles. The number of benzene rings is 1. The molecule has 2 rings (SSSR count). The number of hydrogen-bond donors (Lipinski definition) is 1. The van der Waals surface area contributed by atoms with E-state index >= 15 is 0 Å². The first-order valence-corrected chi connectivity index (χ1v) is 4.55. The van der Waals surface area contributed by atoms with Gasteiger partial charge in [0.05, 0.1) is 0 Å². The molecule has 73 valence electrons. The van der Waals surface area contributed by atoms with Crippen molar-refractivity contribution in [3.63, 3.8) is 0 Å². The zero-order chi connectivity index (χ0) is 10.5. The summed E-state index contributed by atoms with van der Waals surface area (Å²) < 4.78 is 0. The lowest BCUT2D eigenvalue weighted by Gasteiger charge is -2.01. The van der Waals surface area contributed by atoms with Gasteiger partial charge in [0.25, 0.3) is 0 Å². The van der Waals surface area contributed by atoms with Crippen LogP contribution in [0, 0.1) is 0 Å². The summed E-state index contributed by atoms with van der Waals surface area (Å²) in [6, 6.07) is 13.6. The van der Waals surface area contributed by atoms with Crippen LogP contribution in [0.25, 0.3) is 11.1 Å². The maximum Gasteiger partial charge on any atom is 0.315 e. The van der Waals surface area contributed by atoms with Crippen LogP contribution in [0.15, 0.2) is 48.7 Å². The second kappa shape index (κ2) is 4.37. The Kier molecular flexibility index (Phi) is 2.74. The van der Waals surface area contributed by atoms with E-state index in [0.717, 1.165) is 11.1 Å². The molecule has 3 heteroatoms. The predicted molar refractivity (Wildman–Crippen MR) is 59.0 cm³/mol. The standard InChI is InChI=1S/C12H9N2O/c15-9-14-12-7-6-11(8-13-12)10-4-2-1-3-5-10/h1-8H,(H,13,14,15). The normalized spacial score (nSPS) is 9.60. The van der Waals surface area contributed by atoms with E-state index in [1.165, 1.54) is 0 Å². The first-order chi connectivity index (χ1) is 7.40. The number of amides is 1. The van der Waals surface area contributed by atoms with E-state index in [4.69, 9.17) is 0 Å². The number of hydrogen-bond acceptors (Lipinski definition) is 2. The van der Waals surface area contributed by atoms with Crippen molar-refractivity contribution in [3.8, 4) is 11.1 Å². The van der Waals surface area contributed by atoms with Gasteiger partial charge < -0.3 is 5.32 Å². The van der Waals surface area contributed by atoms with Crippen LogP contribution >= 0.6 is 0 Å². The van der Waals surface area contributed by atoms with Crippen LogP contribution in [0.1, 0.15) is 0 Å². The van der Waals surface area contributed by atoms with E-state index < -0.39 is 0 Å². The van der Waals surface area contributed by atoms with Crippen LogP contribution in [-0.2, 0) is 4.79 Å². The predicted octanol–water partition coefficient (Wildman–Crippen LogP) is 2.23. The van der Waals surface area contributed by atoms with E-state index in [-0.39, 0.29) is 0 Å². The van der Waals surface area contributed by atoms with Gasteiger partial charge in [0.15, 0.2) is 0 Å². The molecule has 0 fully saturated rings. The molecular formula is C12H9N2O. The number of rotatable bonds is 3. The molecule has 0 aliphatic rings. The highest BCUT2D eigenvalue weighted by atomic mass is 16.1. The van der Waals surface area contributed by atoms with Gasteiger partial charge in [0.1, 0.15) is 5.82 Å². The summed E-state index contributed by atoms with van der Waals surface area (Å²) in [5, 5.41) is 2.37. The van der Waals surface area contributed by atoms with E-state index in [1.807, 2.05) is 36.4 Å². The van der Waals surface area contributed by atoms with Gasteiger partial charge in [-0.2, -0.15) is 0 Å². The summed E-state index contributed by atoms with van der Waals surface area (Å²) in [6.45, 7) is 0. The van der Waals surface area contributed by atoms with Crippen molar-refractivity contribution in [2.75, 3.05) is 5.32 Å². The molecule has 0 atom stereocenters. The van der Waals surface area contributed by atoms with Gasteiger partial charge in [-0.25, -0.2) is 4.98 Å². The fourth-order valence-corrected chi connectivity index (χ4v) is 1.32. The third-order valence-electron chi connectivity index (χ3n) is 2.05. The zero-order valence-electron chi connectivity index (χ0n) is 7.97. The molecule has 0 aliphatic heterocycles. The van der Waals surface area contributed by atoms with Gasteiger partial charge in [-0.15, -0.1) is 0 Å². The molecule has 0 bridgehead atoms. The SMILES string of the molecule is O=[C]Nc1ccc(-c2ccccc2)cn1. The van der Waals surface area contributed by atoms with Crippen molar-refractivity contribution >= 4 is 12.2 Å². The van der Waals surface area contributed by atoms with Crippen molar-refractivity contribution < 1.29 is 4.79 Å². The van der Waals surface area contributed by atoms with Crippen LogP contribution in [-0.4, -0.2) is 11.4 Å². The van der Waals surface area contributed by atoms with Crippen molar-refractivity contribution in [2.24, 2.45) is 0 Å². The molecule has 0 aliphatic carbocycles. The fraction of sp³-hybridized carbons (Fsp3) is 0. The minimum atomic E-state index is 0.504. The summed E-state index contributed by atoms with van der Waals surface area (Å²) in [6.07, 6.45) is 3.30. The fourth-order valence-electron chi connectivity index (χ4n) is 1.32. The van der Waals surface area contributed by atoms with Gasteiger partial charge in [0.2, 0.25) is 0 Å². The van der Waals surface area contributed by atoms with Gasteiger partial charge in [-0.1, -0.05) is 30.3 Å². The highest BCUT2D eigenvalue weighted by Crippen LogP contribution is 2.18. The molecular weight excluding hydrogens is 188 g/mol. The average Bonchev–Trinajstić information content (AvgIpc) is 2.32. The lowest BCUT2D eigenvalue weighted by molar-refractivity contribution is 0.561. The van der Waals surface area contributed by atoms with Crippen LogP contribution in [0.5, 0.6) is 0 Å². The number of anilines is 1. The Bertz CT molecular complexity index is 437. The van der Waals surface area contributed by atoms with Crippen LogP contribution < -0.4 is 5.32 Å². The molecule has 15 heavy (non-hydrogen) atoms. The van der Waals surface area contributed by atoms with E-state index in [0.29, 0.717) is 5.82 Å². The quantitative estimate of drug-likeness (QED) is 0.766. The highest BCUT2D eigenvalue weighted by molar-refractivity contribution is 5.71. The Hall–Kier alpha value is -2.16. The second-order valence-corrected chi connectivity index (χ2v) is 3.03. The largest absolute Gasteiger partial charge is 0.315 e. The first kappa shape index (κ1) is 9.40. The second-order valence-electron chi connectivity index (χ2n) is 3.03. The molecule has 1 amide bonds. The van der Waals surface area contributed by atoms with Crippen molar-refractivity contribution in [1.29, 1.82) is 0 Å². The number of nitrogens with one attached hydrogen (secondary N) is 1. The third-order valence-corrected chi connectivity index (χ3v) is 2.05. The summed E-state index contributed by atoms with van der Waals surface area (Å²) in [4.78, 5) is 14.1. The minimum absolute atomic E-state index is 0.504. The van der Waals surface area contributed by atoms with E-state index in [2.05, 4.69) is 10.3 Å². The molecule has 0 spiro atoms. The Morgan fingerprint density at radius 2 is 1.80 bits per heavy atom. The Morgan fingerprint density at radius 3 is 2.40 bits per heavy atom. The molecule has 0 unspecified atom stereocenters. The Balaban J connectivity index is 2.28. The van der Waals surface area contributed by atoms with Crippen LogP contribution in [0.3, 0.4) is 0 Å². The molecule has 1 heterocycles. The number of carbonyl (C=O) groups excluding carboxylic acids is 1. The molecule has 1 aromatic heterocycles. The number of pyridine rings is 1.